The Morgan fingerprint density at radius 1 is 1.15 bits per heavy atom. The number of nitrogens with zero attached hydrogens (tertiary/aromatic N) is 1. The Labute approximate surface area is 124 Å². The van der Waals surface area contributed by atoms with E-state index in [0.29, 0.717) is 6.04 Å². The highest BCUT2D eigenvalue weighted by molar-refractivity contribution is 5.37. The fraction of sp³-hybridized carbons (Fsp3) is 0.667. The van der Waals surface area contributed by atoms with E-state index in [-0.39, 0.29) is 0 Å². The normalized spacial score (nSPS) is 19.2. The molecule has 20 heavy (non-hydrogen) atoms. The molecule has 1 fully saturated rings. The van der Waals surface area contributed by atoms with Gasteiger partial charge in [0, 0.05) is 12.6 Å². The molecule has 1 aliphatic heterocycles. The van der Waals surface area contributed by atoms with Crippen molar-refractivity contribution in [2.24, 2.45) is 5.92 Å². The fourth-order valence-corrected chi connectivity index (χ4v) is 3.53. The maximum Gasteiger partial charge on any atom is 0.0238 e. The first-order chi connectivity index (χ1) is 9.51. The maximum atomic E-state index is 3.41. The number of nitrogens with one attached hydrogen (secondary N) is 1. The monoisotopic (exact) mass is 274 g/mol. The highest BCUT2D eigenvalue weighted by Gasteiger charge is 2.23. The molecule has 1 aromatic carbocycles. The van der Waals surface area contributed by atoms with E-state index in [1.54, 1.807) is 0 Å². The predicted octanol–water partition coefficient (Wildman–Crippen LogP) is 3.43. The number of likely N-dealkylation sites (tertiary alicyclic amines) is 1. The second kappa shape index (κ2) is 6.73. The Kier molecular flexibility index (Phi) is 5.22. The minimum atomic E-state index is 0.653. The van der Waals surface area contributed by atoms with E-state index in [4.69, 9.17) is 0 Å². The first kappa shape index (κ1) is 15.5. The van der Waals surface area contributed by atoms with Crippen molar-refractivity contribution in [1.82, 2.24) is 10.2 Å². The van der Waals surface area contributed by atoms with Gasteiger partial charge in [0.2, 0.25) is 0 Å². The van der Waals surface area contributed by atoms with Gasteiger partial charge in [0.15, 0.2) is 0 Å². The van der Waals surface area contributed by atoms with Crippen LogP contribution in [-0.2, 0) is 6.54 Å². The Balaban J connectivity index is 1.96. The number of hydrogen-bond acceptors (Lipinski definition) is 2. The van der Waals surface area contributed by atoms with Crippen LogP contribution in [0, 0.1) is 26.7 Å². The van der Waals surface area contributed by atoms with Crippen molar-refractivity contribution < 1.29 is 0 Å². The van der Waals surface area contributed by atoms with Gasteiger partial charge in [-0.25, -0.2) is 0 Å². The lowest BCUT2D eigenvalue weighted by atomic mass is 9.90. The van der Waals surface area contributed by atoms with Crippen LogP contribution in [0.2, 0.25) is 0 Å². The van der Waals surface area contributed by atoms with Crippen molar-refractivity contribution >= 4 is 0 Å². The molecule has 0 spiro atoms. The van der Waals surface area contributed by atoms with E-state index in [1.165, 1.54) is 48.2 Å². The van der Waals surface area contributed by atoms with Gasteiger partial charge in [0.25, 0.3) is 0 Å². The van der Waals surface area contributed by atoms with Crippen molar-refractivity contribution in [3.63, 3.8) is 0 Å². The van der Waals surface area contributed by atoms with E-state index in [9.17, 15) is 0 Å². The van der Waals surface area contributed by atoms with E-state index in [1.807, 2.05) is 0 Å². The van der Waals surface area contributed by atoms with Gasteiger partial charge >= 0.3 is 0 Å². The van der Waals surface area contributed by atoms with Gasteiger partial charge in [-0.15, -0.1) is 0 Å². The van der Waals surface area contributed by atoms with Gasteiger partial charge in [-0.3, -0.25) is 4.90 Å². The SMILES string of the molecule is CNC(C)C1CCN(Cc2c(C)cc(C)cc2C)CC1. The van der Waals surface area contributed by atoms with Crippen molar-refractivity contribution in [3.8, 4) is 0 Å². The molecule has 0 amide bonds. The van der Waals surface area contributed by atoms with E-state index < -0.39 is 0 Å². The average Bonchev–Trinajstić information content (AvgIpc) is 2.42. The summed E-state index contributed by atoms with van der Waals surface area (Å²) in [5.74, 6) is 0.844. The van der Waals surface area contributed by atoms with Crippen LogP contribution >= 0.6 is 0 Å². The van der Waals surface area contributed by atoms with Crippen LogP contribution in [0.25, 0.3) is 0 Å². The summed E-state index contributed by atoms with van der Waals surface area (Å²) < 4.78 is 0. The van der Waals surface area contributed by atoms with Crippen molar-refractivity contribution in [1.29, 1.82) is 0 Å². The second-order valence-corrected chi connectivity index (χ2v) is 6.57. The largest absolute Gasteiger partial charge is 0.317 e. The minimum Gasteiger partial charge on any atom is -0.317 e. The summed E-state index contributed by atoms with van der Waals surface area (Å²) in [6.07, 6.45) is 2.65. The van der Waals surface area contributed by atoms with E-state index >= 15 is 0 Å². The van der Waals surface area contributed by atoms with Gasteiger partial charge in [-0.2, -0.15) is 0 Å². The molecule has 1 saturated heterocycles. The van der Waals surface area contributed by atoms with Crippen LogP contribution in [0.15, 0.2) is 12.1 Å². The zero-order valence-corrected chi connectivity index (χ0v) is 13.8. The summed E-state index contributed by atoms with van der Waals surface area (Å²) in [5, 5.41) is 3.41. The molecule has 0 aliphatic carbocycles. The number of aryl methyl sites for hydroxylation is 3. The molecule has 0 aromatic heterocycles. The summed E-state index contributed by atoms with van der Waals surface area (Å²) in [7, 11) is 2.08. The molecule has 1 aromatic rings. The topological polar surface area (TPSA) is 15.3 Å². The van der Waals surface area contributed by atoms with E-state index in [0.717, 1.165) is 12.5 Å². The second-order valence-electron chi connectivity index (χ2n) is 6.57. The van der Waals surface area contributed by atoms with Crippen LogP contribution in [0.4, 0.5) is 0 Å². The molecule has 1 unspecified atom stereocenters. The quantitative estimate of drug-likeness (QED) is 0.905. The highest BCUT2D eigenvalue weighted by Crippen LogP contribution is 2.24. The molecular formula is C18H30N2. The number of benzene rings is 1. The Morgan fingerprint density at radius 2 is 1.70 bits per heavy atom. The molecule has 1 heterocycles. The van der Waals surface area contributed by atoms with Gasteiger partial charge in [-0.1, -0.05) is 17.7 Å². The Morgan fingerprint density at radius 3 is 2.20 bits per heavy atom. The zero-order chi connectivity index (χ0) is 14.7. The molecule has 2 rings (SSSR count). The predicted molar refractivity (Wildman–Crippen MR) is 87.2 cm³/mol. The number of rotatable bonds is 4. The lowest BCUT2D eigenvalue weighted by Gasteiger charge is -2.35. The first-order valence-electron chi connectivity index (χ1n) is 7.97. The van der Waals surface area contributed by atoms with Crippen LogP contribution in [0.3, 0.4) is 0 Å². The smallest absolute Gasteiger partial charge is 0.0238 e. The van der Waals surface area contributed by atoms with E-state index in [2.05, 4.69) is 57.1 Å². The summed E-state index contributed by atoms with van der Waals surface area (Å²) >= 11 is 0. The molecule has 0 bridgehead atoms. The summed E-state index contributed by atoms with van der Waals surface area (Å²) in [5.41, 5.74) is 5.82. The third kappa shape index (κ3) is 3.62. The van der Waals surface area contributed by atoms with Crippen LogP contribution < -0.4 is 5.32 Å². The lowest BCUT2D eigenvalue weighted by molar-refractivity contribution is 0.158. The van der Waals surface area contributed by atoms with Gasteiger partial charge < -0.3 is 5.32 Å². The molecule has 1 aliphatic rings. The third-order valence-corrected chi connectivity index (χ3v) is 5.02. The lowest BCUT2D eigenvalue weighted by Crippen LogP contribution is -2.40. The third-order valence-electron chi connectivity index (χ3n) is 5.02. The summed E-state index contributed by atoms with van der Waals surface area (Å²) in [4.78, 5) is 2.63. The van der Waals surface area contributed by atoms with Crippen molar-refractivity contribution in [2.75, 3.05) is 20.1 Å². The molecule has 112 valence electrons. The molecule has 1 atom stereocenters. The average molecular weight is 274 g/mol. The highest BCUT2D eigenvalue weighted by atomic mass is 15.1. The molecular weight excluding hydrogens is 244 g/mol. The Hall–Kier alpha value is -0.860. The standard InChI is InChI=1S/C18H30N2/c1-13-10-14(2)18(15(3)11-13)12-20-8-6-17(7-9-20)16(4)19-5/h10-11,16-17,19H,6-9,12H2,1-5H3. The maximum absolute atomic E-state index is 3.41. The fourth-order valence-electron chi connectivity index (χ4n) is 3.53. The van der Waals surface area contributed by atoms with Gasteiger partial charge in [0.05, 0.1) is 0 Å². The summed E-state index contributed by atoms with van der Waals surface area (Å²) in [6, 6.07) is 5.29. The van der Waals surface area contributed by atoms with Crippen LogP contribution in [0.1, 0.15) is 42.0 Å². The number of piperidine rings is 1. The zero-order valence-electron chi connectivity index (χ0n) is 13.8. The minimum absolute atomic E-state index is 0.653. The van der Waals surface area contributed by atoms with Crippen LogP contribution in [-0.4, -0.2) is 31.1 Å². The number of hydrogen-bond donors (Lipinski definition) is 1. The molecule has 2 heteroatoms. The Bertz CT molecular complexity index is 422. The van der Waals surface area contributed by atoms with Crippen LogP contribution in [0.5, 0.6) is 0 Å². The van der Waals surface area contributed by atoms with Gasteiger partial charge in [0.1, 0.15) is 0 Å². The molecule has 0 radical (unpaired) electrons. The molecule has 2 nitrogen and oxygen atoms in total. The van der Waals surface area contributed by atoms with Crippen molar-refractivity contribution in [3.05, 3.63) is 34.4 Å². The molecule has 1 N–H and O–H groups in total. The van der Waals surface area contributed by atoms with Gasteiger partial charge in [-0.05, 0) is 83.3 Å². The first-order valence-corrected chi connectivity index (χ1v) is 7.97. The molecule has 0 saturated carbocycles. The van der Waals surface area contributed by atoms with Crippen molar-refractivity contribution in [2.45, 2.75) is 53.1 Å². The summed E-state index contributed by atoms with van der Waals surface area (Å²) in [6.45, 7) is 12.6.